The van der Waals surface area contributed by atoms with E-state index in [1.54, 1.807) is 6.92 Å². The maximum Gasteiger partial charge on any atom is 0.304 e. The van der Waals surface area contributed by atoms with Crippen molar-refractivity contribution < 1.29 is 23.0 Å². The molecule has 1 heterocycles. The largest absolute Gasteiger partial charge is 0.436 e. The van der Waals surface area contributed by atoms with Crippen molar-refractivity contribution in [1.29, 1.82) is 0 Å². The SMILES string of the molecule is C=C(F)C=C(F)C(C)C1COC(OC(C)=O)CC1C. The summed E-state index contributed by atoms with van der Waals surface area (Å²) >= 11 is 0. The van der Waals surface area contributed by atoms with E-state index in [1.165, 1.54) is 6.92 Å². The van der Waals surface area contributed by atoms with Gasteiger partial charge in [-0.25, -0.2) is 8.78 Å². The summed E-state index contributed by atoms with van der Waals surface area (Å²) in [5.74, 6) is -2.17. The van der Waals surface area contributed by atoms with E-state index in [0.29, 0.717) is 6.42 Å². The van der Waals surface area contributed by atoms with Gasteiger partial charge in [0.05, 0.1) is 6.61 Å². The second kappa shape index (κ2) is 6.80. The highest BCUT2D eigenvalue weighted by Gasteiger charge is 2.34. The van der Waals surface area contributed by atoms with Crippen LogP contribution >= 0.6 is 0 Å². The molecule has 0 aliphatic carbocycles. The van der Waals surface area contributed by atoms with Crippen molar-refractivity contribution in [2.45, 2.75) is 33.5 Å². The molecule has 0 amide bonds. The molecule has 0 radical (unpaired) electrons. The van der Waals surface area contributed by atoms with Gasteiger partial charge in [0.1, 0.15) is 11.7 Å². The Hall–Kier alpha value is -1.23. The number of ether oxygens (including phenoxy) is 2. The average molecular weight is 274 g/mol. The van der Waals surface area contributed by atoms with E-state index >= 15 is 0 Å². The summed E-state index contributed by atoms with van der Waals surface area (Å²) in [6.45, 7) is 8.24. The van der Waals surface area contributed by atoms with Crippen LogP contribution in [0.1, 0.15) is 27.2 Å². The molecule has 0 spiro atoms. The van der Waals surface area contributed by atoms with E-state index < -0.39 is 29.8 Å². The van der Waals surface area contributed by atoms with E-state index in [1.807, 2.05) is 6.92 Å². The topological polar surface area (TPSA) is 35.5 Å². The molecule has 1 aliphatic rings. The van der Waals surface area contributed by atoms with Crippen molar-refractivity contribution in [2.75, 3.05) is 6.61 Å². The fourth-order valence-corrected chi connectivity index (χ4v) is 2.32. The van der Waals surface area contributed by atoms with E-state index in [4.69, 9.17) is 9.47 Å². The first-order chi connectivity index (χ1) is 8.81. The third kappa shape index (κ3) is 4.74. The lowest BCUT2D eigenvalue weighted by Gasteiger charge is -2.36. The van der Waals surface area contributed by atoms with Gasteiger partial charge in [-0.2, -0.15) is 0 Å². The number of hydrogen-bond donors (Lipinski definition) is 0. The summed E-state index contributed by atoms with van der Waals surface area (Å²) in [5, 5.41) is 0. The average Bonchev–Trinajstić information content (AvgIpc) is 2.26. The van der Waals surface area contributed by atoms with Crippen molar-refractivity contribution in [3.05, 3.63) is 24.3 Å². The van der Waals surface area contributed by atoms with Gasteiger partial charge < -0.3 is 9.47 Å². The Balaban J connectivity index is 2.62. The molecule has 0 aromatic rings. The zero-order valence-electron chi connectivity index (χ0n) is 11.5. The molecule has 0 bridgehead atoms. The van der Waals surface area contributed by atoms with Gasteiger partial charge >= 0.3 is 5.97 Å². The summed E-state index contributed by atoms with van der Waals surface area (Å²) < 4.78 is 36.7. The first kappa shape index (κ1) is 15.8. The number of allylic oxidation sites excluding steroid dienone is 3. The van der Waals surface area contributed by atoms with Crippen molar-refractivity contribution in [3.63, 3.8) is 0 Å². The molecule has 3 nitrogen and oxygen atoms in total. The van der Waals surface area contributed by atoms with Crippen molar-refractivity contribution in [1.82, 2.24) is 0 Å². The normalized spacial score (nSPS) is 29.7. The molecular formula is C14H20F2O3. The van der Waals surface area contributed by atoms with Crippen LogP contribution in [0.5, 0.6) is 0 Å². The zero-order chi connectivity index (χ0) is 14.6. The smallest absolute Gasteiger partial charge is 0.304 e. The summed E-state index contributed by atoms with van der Waals surface area (Å²) in [4.78, 5) is 10.8. The summed E-state index contributed by atoms with van der Waals surface area (Å²) in [5.41, 5.74) is 0. The minimum atomic E-state index is -0.800. The Morgan fingerprint density at radius 1 is 1.53 bits per heavy atom. The van der Waals surface area contributed by atoms with Crippen molar-refractivity contribution in [3.8, 4) is 0 Å². The quantitative estimate of drug-likeness (QED) is 0.581. The number of hydrogen-bond acceptors (Lipinski definition) is 3. The van der Waals surface area contributed by atoms with Crippen LogP contribution in [0.15, 0.2) is 24.3 Å². The van der Waals surface area contributed by atoms with Crippen LogP contribution in [0.25, 0.3) is 0 Å². The van der Waals surface area contributed by atoms with E-state index in [2.05, 4.69) is 6.58 Å². The van der Waals surface area contributed by atoms with Crippen LogP contribution in [-0.4, -0.2) is 18.9 Å². The minimum absolute atomic E-state index is 0.0811. The van der Waals surface area contributed by atoms with Gasteiger partial charge in [-0.15, -0.1) is 0 Å². The minimum Gasteiger partial charge on any atom is -0.436 e. The van der Waals surface area contributed by atoms with Gasteiger partial charge in [-0.3, -0.25) is 4.79 Å². The van der Waals surface area contributed by atoms with Gasteiger partial charge in [0, 0.05) is 25.3 Å². The molecule has 4 unspecified atom stereocenters. The first-order valence-corrected chi connectivity index (χ1v) is 6.31. The molecular weight excluding hydrogens is 254 g/mol. The van der Waals surface area contributed by atoms with Crippen molar-refractivity contribution in [2.24, 2.45) is 17.8 Å². The Kier molecular flexibility index (Phi) is 5.66. The van der Waals surface area contributed by atoms with Crippen LogP contribution in [0.2, 0.25) is 0 Å². The van der Waals surface area contributed by atoms with Gasteiger partial charge in [0.2, 0.25) is 6.29 Å². The van der Waals surface area contributed by atoms with Crippen molar-refractivity contribution >= 4 is 5.97 Å². The van der Waals surface area contributed by atoms with Gasteiger partial charge in [-0.1, -0.05) is 20.4 Å². The Bertz CT molecular complexity index is 379. The lowest BCUT2D eigenvalue weighted by Crippen LogP contribution is -2.37. The molecule has 1 aliphatic heterocycles. The summed E-state index contributed by atoms with van der Waals surface area (Å²) in [7, 11) is 0. The molecule has 0 N–H and O–H groups in total. The molecule has 19 heavy (non-hydrogen) atoms. The maximum absolute atomic E-state index is 13.7. The number of halogens is 2. The predicted octanol–water partition coefficient (Wildman–Crippen LogP) is 3.52. The molecule has 0 saturated carbocycles. The maximum atomic E-state index is 13.7. The number of rotatable bonds is 4. The van der Waals surface area contributed by atoms with Crippen LogP contribution in [0.3, 0.4) is 0 Å². The van der Waals surface area contributed by atoms with Crippen LogP contribution < -0.4 is 0 Å². The Morgan fingerprint density at radius 2 is 2.16 bits per heavy atom. The van der Waals surface area contributed by atoms with E-state index in [-0.39, 0.29) is 18.4 Å². The number of carbonyl (C=O) groups excluding carboxylic acids is 1. The lowest BCUT2D eigenvalue weighted by molar-refractivity contribution is -0.200. The third-order valence-electron chi connectivity index (χ3n) is 3.44. The van der Waals surface area contributed by atoms with Gasteiger partial charge in [0.15, 0.2) is 0 Å². The molecule has 0 aromatic carbocycles. The fourth-order valence-electron chi connectivity index (χ4n) is 2.32. The Morgan fingerprint density at radius 3 is 2.63 bits per heavy atom. The molecule has 108 valence electrons. The van der Waals surface area contributed by atoms with Crippen LogP contribution in [0, 0.1) is 17.8 Å². The second-order valence-electron chi connectivity index (χ2n) is 5.01. The second-order valence-corrected chi connectivity index (χ2v) is 5.01. The summed E-state index contributed by atoms with van der Waals surface area (Å²) in [6.07, 6.45) is 0.743. The zero-order valence-corrected chi connectivity index (χ0v) is 11.5. The first-order valence-electron chi connectivity index (χ1n) is 6.31. The lowest BCUT2D eigenvalue weighted by atomic mass is 9.80. The number of esters is 1. The van der Waals surface area contributed by atoms with Gasteiger partial charge in [-0.05, 0) is 11.8 Å². The molecule has 0 aromatic heterocycles. The highest BCUT2D eigenvalue weighted by molar-refractivity contribution is 5.66. The number of carbonyl (C=O) groups is 1. The van der Waals surface area contributed by atoms with E-state index in [0.717, 1.165) is 6.08 Å². The summed E-state index contributed by atoms with van der Waals surface area (Å²) in [6, 6.07) is 0. The third-order valence-corrected chi connectivity index (χ3v) is 3.44. The standard InChI is InChI=1S/C14H20F2O3/c1-8-5-14(19-11(4)17)18-7-12(8)10(3)13(16)6-9(2)15/h6,8,10,12,14H,2,5,7H2,1,3-4H3. The predicted molar refractivity (Wildman–Crippen MR) is 67.4 cm³/mol. The molecule has 1 rings (SSSR count). The molecule has 1 saturated heterocycles. The fraction of sp³-hybridized carbons (Fsp3) is 0.643. The van der Waals surface area contributed by atoms with Crippen LogP contribution in [-0.2, 0) is 14.3 Å². The Labute approximate surface area is 112 Å². The molecule has 1 fully saturated rings. The van der Waals surface area contributed by atoms with E-state index in [9.17, 15) is 13.6 Å². The molecule has 4 atom stereocenters. The monoisotopic (exact) mass is 274 g/mol. The highest BCUT2D eigenvalue weighted by atomic mass is 19.1. The van der Waals surface area contributed by atoms with Crippen LogP contribution in [0.4, 0.5) is 8.78 Å². The molecule has 5 heteroatoms. The highest BCUT2D eigenvalue weighted by Crippen LogP contribution is 2.35. The van der Waals surface area contributed by atoms with Gasteiger partial charge in [0.25, 0.3) is 0 Å².